The van der Waals surface area contributed by atoms with Crippen LogP contribution in [0.1, 0.15) is 55.6 Å². The maximum atomic E-state index is 17.5. The van der Waals surface area contributed by atoms with Crippen molar-refractivity contribution in [2.75, 3.05) is 4.90 Å². The summed E-state index contributed by atoms with van der Waals surface area (Å²) in [7, 11) is 0. The van der Waals surface area contributed by atoms with E-state index in [0.29, 0.717) is 120 Å². The van der Waals surface area contributed by atoms with Gasteiger partial charge in [0.25, 0.3) is 0 Å². The van der Waals surface area contributed by atoms with Crippen molar-refractivity contribution in [2.24, 2.45) is 0 Å². The molecule has 2 unspecified atom stereocenters. The predicted octanol–water partition coefficient (Wildman–Crippen LogP) is 22.9. The highest BCUT2D eigenvalue weighted by molar-refractivity contribution is 5.94. The van der Waals surface area contributed by atoms with Gasteiger partial charge in [0.05, 0.1) is 10.8 Å². The summed E-state index contributed by atoms with van der Waals surface area (Å²) in [6, 6.07) is 84.5. The molecule has 3 nitrogen and oxygen atoms in total. The lowest BCUT2D eigenvalue weighted by Crippen LogP contribution is -2.32. The Kier molecular flexibility index (Phi) is 14.5. The third kappa shape index (κ3) is 9.70. The van der Waals surface area contributed by atoms with Gasteiger partial charge in [0, 0.05) is 52.5 Å². The average Bonchev–Trinajstić information content (AvgIpc) is 1.56. The monoisotopic (exact) mass is 1220 g/mol. The van der Waals surface area contributed by atoms with E-state index in [1.54, 1.807) is 60.7 Å². The Morgan fingerprint density at radius 3 is 1.05 bits per heavy atom. The number of rotatable bonds is 15. The molecule has 0 saturated heterocycles. The van der Waals surface area contributed by atoms with Gasteiger partial charge in [-0.05, 0) is 174 Å². The summed E-state index contributed by atoms with van der Waals surface area (Å²) < 4.78 is 113. The summed E-state index contributed by atoms with van der Waals surface area (Å²) in [4.78, 5) is 2.02. The van der Waals surface area contributed by atoms with E-state index in [9.17, 15) is 0 Å². The summed E-state index contributed by atoms with van der Waals surface area (Å²) in [6.07, 6.45) is 3.47. The molecular weight excluding hydrogens is 1170 g/mol. The number of anilines is 3. The van der Waals surface area contributed by atoms with Crippen LogP contribution < -0.4 is 14.4 Å². The zero-order chi connectivity index (χ0) is 63.5. The van der Waals surface area contributed by atoms with Crippen LogP contribution in [0.5, 0.6) is 23.0 Å². The molecule has 13 aromatic carbocycles. The van der Waals surface area contributed by atoms with Crippen molar-refractivity contribution in [3.63, 3.8) is 0 Å². The van der Waals surface area contributed by atoms with Crippen LogP contribution >= 0.6 is 0 Å². The van der Waals surface area contributed by atoms with Crippen molar-refractivity contribution in [1.29, 1.82) is 0 Å². The molecule has 0 bridgehead atoms. The first-order valence-electron chi connectivity index (χ1n) is 30.3. The second-order valence-electron chi connectivity index (χ2n) is 23.1. The van der Waals surface area contributed by atoms with E-state index in [1.807, 2.05) is 187 Å². The van der Waals surface area contributed by atoms with Gasteiger partial charge in [-0.3, -0.25) is 0 Å². The quantitative estimate of drug-likeness (QED) is 0.0955. The number of benzene rings is 13. The fraction of sp³-hybridized carbons (Fsp3) is 0.0238. The Morgan fingerprint density at radius 2 is 0.634 bits per heavy atom. The van der Waals surface area contributed by atoms with Gasteiger partial charge in [-0.15, -0.1) is 0 Å². The standard InChI is InChI=1S/C84H53F6NO2/c1-3-52-25-35-63(36-26-52)92-65-39-29-56(30-40-65)83(81-77(87)46-58(85)47-78(81)88)73-23-12-10-21-69(73)71-43-33-61(50-75(71)83)91(60-18-14-17-55(45-60)68-20-9-8-19-67(68)54-15-6-5-7-16-54)62-34-44-72-70-22-11-13-24-74(70)84(76(72)51-62,82-79(89)48-59(86)49-80(82)90)57-31-41-66(42-32-57)93-64-37-27-53(4-2)28-38-64/h3-51H,1-2H2. The Bertz CT molecular complexity index is 4780. The summed E-state index contributed by atoms with van der Waals surface area (Å²) in [6.45, 7) is 7.72. The van der Waals surface area contributed by atoms with Gasteiger partial charge in [-0.25, -0.2) is 26.3 Å². The van der Waals surface area contributed by atoms with E-state index >= 15 is 26.3 Å². The van der Waals surface area contributed by atoms with Gasteiger partial charge >= 0.3 is 0 Å². The lowest BCUT2D eigenvalue weighted by molar-refractivity contribution is 0.481. The second-order valence-corrected chi connectivity index (χ2v) is 23.1. The number of halogens is 6. The molecule has 93 heavy (non-hydrogen) atoms. The van der Waals surface area contributed by atoms with Crippen molar-refractivity contribution in [1.82, 2.24) is 0 Å². The summed E-state index contributed by atoms with van der Waals surface area (Å²) in [5.74, 6) is -4.52. The first kappa shape index (κ1) is 57.7. The highest BCUT2D eigenvalue weighted by Gasteiger charge is 2.52. The van der Waals surface area contributed by atoms with Crippen LogP contribution in [0.3, 0.4) is 0 Å². The Morgan fingerprint density at radius 1 is 0.290 bits per heavy atom. The minimum atomic E-state index is -1.77. The lowest BCUT2D eigenvalue weighted by Gasteiger charge is -2.36. The largest absolute Gasteiger partial charge is 0.457 e. The highest BCUT2D eigenvalue weighted by atomic mass is 19.2. The smallest absolute Gasteiger partial charge is 0.133 e. The number of ether oxygens (including phenoxy) is 2. The van der Waals surface area contributed by atoms with Crippen LogP contribution in [0.2, 0.25) is 0 Å². The first-order valence-corrected chi connectivity index (χ1v) is 30.3. The van der Waals surface area contributed by atoms with Crippen molar-refractivity contribution < 1.29 is 35.8 Å². The summed E-state index contributed by atoms with van der Waals surface area (Å²) in [5.41, 5.74) is 8.64. The Hall–Kier alpha value is -11.7. The third-order valence-electron chi connectivity index (χ3n) is 18.0. The van der Waals surface area contributed by atoms with E-state index < -0.39 is 56.9 Å². The van der Waals surface area contributed by atoms with Gasteiger partial charge in [-0.2, -0.15) is 0 Å². The lowest BCUT2D eigenvalue weighted by atomic mass is 9.67. The fourth-order valence-corrected chi connectivity index (χ4v) is 14.1. The third-order valence-corrected chi connectivity index (χ3v) is 18.0. The van der Waals surface area contributed by atoms with Crippen LogP contribution in [0.4, 0.5) is 43.4 Å². The van der Waals surface area contributed by atoms with Crippen molar-refractivity contribution in [2.45, 2.75) is 10.8 Å². The topological polar surface area (TPSA) is 21.7 Å². The number of hydrogen-bond acceptors (Lipinski definition) is 3. The Balaban J connectivity index is 0.980. The molecule has 2 aliphatic carbocycles. The van der Waals surface area contributed by atoms with Crippen molar-refractivity contribution in [3.8, 4) is 67.5 Å². The second kappa shape index (κ2) is 23.3. The SMILES string of the molecule is C=Cc1ccc(Oc2ccc(C3(c4c(F)cc(F)cc4F)c4ccccc4-c4ccc(N(c5cccc(-c6ccccc6-c6ccccc6)c5)c5ccc6c(c5)C(c5ccc(Oc7ccc(C=C)cc7)cc5)(c5c(F)cc(F)cc5F)c5ccccc5-6)cc43)cc2)cc1. The molecule has 15 rings (SSSR count). The molecule has 0 aromatic heterocycles. The van der Waals surface area contributed by atoms with Crippen LogP contribution in [0.25, 0.3) is 56.7 Å². The van der Waals surface area contributed by atoms with E-state index in [4.69, 9.17) is 9.47 Å². The molecule has 2 aliphatic rings. The van der Waals surface area contributed by atoms with Gasteiger partial charge in [0.2, 0.25) is 0 Å². The first-order chi connectivity index (χ1) is 45.4. The molecule has 0 heterocycles. The van der Waals surface area contributed by atoms with Gasteiger partial charge in [-0.1, -0.05) is 201 Å². The maximum absolute atomic E-state index is 17.5. The molecule has 9 heteroatoms. The minimum Gasteiger partial charge on any atom is -0.457 e. The molecule has 13 aromatic rings. The normalized spacial score (nSPS) is 14.9. The molecule has 0 N–H and O–H groups in total. The minimum absolute atomic E-state index is 0.391. The van der Waals surface area contributed by atoms with E-state index in [-0.39, 0.29) is 0 Å². The molecule has 0 radical (unpaired) electrons. The molecule has 0 spiro atoms. The molecule has 448 valence electrons. The average molecular weight is 1220 g/mol. The molecule has 0 fully saturated rings. The highest BCUT2D eigenvalue weighted by Crippen LogP contribution is 2.61. The van der Waals surface area contributed by atoms with E-state index in [0.717, 1.165) is 33.4 Å². The Labute approximate surface area is 534 Å². The van der Waals surface area contributed by atoms with Crippen LogP contribution in [0.15, 0.2) is 298 Å². The van der Waals surface area contributed by atoms with Crippen LogP contribution in [-0.2, 0) is 10.8 Å². The van der Waals surface area contributed by atoms with Gasteiger partial charge in [0.1, 0.15) is 57.9 Å². The molecule has 2 atom stereocenters. The van der Waals surface area contributed by atoms with Crippen molar-refractivity contribution >= 4 is 29.2 Å². The molecule has 0 aliphatic heterocycles. The van der Waals surface area contributed by atoms with E-state index in [2.05, 4.69) is 43.5 Å². The van der Waals surface area contributed by atoms with Gasteiger partial charge < -0.3 is 14.4 Å². The zero-order valence-electron chi connectivity index (χ0n) is 49.7. The molecular formula is C84H53F6NO2. The van der Waals surface area contributed by atoms with E-state index in [1.165, 1.54) is 0 Å². The predicted molar refractivity (Wildman–Crippen MR) is 360 cm³/mol. The van der Waals surface area contributed by atoms with Crippen LogP contribution in [0, 0.1) is 34.9 Å². The number of nitrogens with zero attached hydrogens (tertiary/aromatic N) is 1. The maximum Gasteiger partial charge on any atom is 0.133 e. The van der Waals surface area contributed by atoms with Crippen LogP contribution in [-0.4, -0.2) is 0 Å². The summed E-state index contributed by atoms with van der Waals surface area (Å²) >= 11 is 0. The molecule has 0 amide bonds. The van der Waals surface area contributed by atoms with Gasteiger partial charge in [0.15, 0.2) is 0 Å². The number of fused-ring (bicyclic) bond motifs is 6. The van der Waals surface area contributed by atoms with Crippen molar-refractivity contribution in [3.05, 3.63) is 389 Å². The fourth-order valence-electron chi connectivity index (χ4n) is 14.1. The zero-order valence-corrected chi connectivity index (χ0v) is 49.7. The number of hydrogen-bond donors (Lipinski definition) is 0. The summed E-state index contributed by atoms with van der Waals surface area (Å²) in [5, 5.41) is 0. The molecule has 0 saturated carbocycles.